The Balaban J connectivity index is 2.51. The molecule has 1 amide bonds. The van der Waals surface area contributed by atoms with Crippen molar-refractivity contribution in [2.75, 3.05) is 13.6 Å². The van der Waals surface area contributed by atoms with Crippen LogP contribution in [-0.4, -0.2) is 41.5 Å². The van der Waals surface area contributed by atoms with Crippen molar-refractivity contribution in [1.29, 1.82) is 0 Å². The largest absolute Gasteiger partial charge is 0.481 e. The molecule has 1 saturated carbocycles. The van der Waals surface area contributed by atoms with Gasteiger partial charge in [0.15, 0.2) is 0 Å². The summed E-state index contributed by atoms with van der Waals surface area (Å²) in [6.45, 7) is 0.261. The first-order chi connectivity index (χ1) is 8.02. The molecule has 0 aromatic heterocycles. The summed E-state index contributed by atoms with van der Waals surface area (Å²) in [6, 6.07) is -0.0720. The van der Waals surface area contributed by atoms with Crippen LogP contribution in [0.2, 0.25) is 0 Å². The highest BCUT2D eigenvalue weighted by Gasteiger charge is 2.29. The van der Waals surface area contributed by atoms with E-state index in [9.17, 15) is 9.59 Å². The second kappa shape index (κ2) is 6.59. The van der Waals surface area contributed by atoms with Crippen LogP contribution in [0.1, 0.15) is 38.5 Å². The summed E-state index contributed by atoms with van der Waals surface area (Å²) in [4.78, 5) is 24.1. The van der Waals surface area contributed by atoms with Gasteiger partial charge in [-0.25, -0.2) is 0 Å². The maximum atomic E-state index is 12.1. The molecule has 2 unspecified atom stereocenters. The first-order valence-electron chi connectivity index (χ1n) is 6.24. The summed E-state index contributed by atoms with van der Waals surface area (Å²) >= 11 is 0. The summed E-state index contributed by atoms with van der Waals surface area (Å²) < 4.78 is 0. The average Bonchev–Trinajstić information content (AvgIpc) is 2.49. The predicted molar refractivity (Wildman–Crippen MR) is 64.4 cm³/mol. The average molecular weight is 242 g/mol. The Bertz CT molecular complexity index is 281. The third-order valence-corrected chi connectivity index (χ3v) is 3.42. The highest BCUT2D eigenvalue weighted by atomic mass is 16.4. The second-order valence-corrected chi connectivity index (χ2v) is 4.81. The van der Waals surface area contributed by atoms with E-state index >= 15 is 0 Å². The van der Waals surface area contributed by atoms with Crippen molar-refractivity contribution in [3.8, 4) is 0 Å². The SMILES string of the molecule is CN(CCC(=O)O)C(=O)C1CCCCCC1N. The van der Waals surface area contributed by atoms with E-state index in [-0.39, 0.29) is 30.8 Å². The first kappa shape index (κ1) is 14.0. The molecular formula is C12H22N2O3. The van der Waals surface area contributed by atoms with E-state index in [1.165, 1.54) is 4.90 Å². The number of hydrogen-bond donors (Lipinski definition) is 2. The fraction of sp³-hybridized carbons (Fsp3) is 0.833. The van der Waals surface area contributed by atoms with E-state index in [0.29, 0.717) is 0 Å². The monoisotopic (exact) mass is 242 g/mol. The predicted octanol–water partition coefficient (Wildman–Crippen LogP) is 0.827. The number of carboxylic acids is 1. The third kappa shape index (κ3) is 4.34. The topological polar surface area (TPSA) is 83.6 Å². The zero-order valence-corrected chi connectivity index (χ0v) is 10.4. The molecule has 0 aliphatic heterocycles. The number of rotatable bonds is 4. The van der Waals surface area contributed by atoms with Crippen LogP contribution in [0.25, 0.3) is 0 Å². The highest BCUT2D eigenvalue weighted by molar-refractivity contribution is 5.80. The standard InChI is InChI=1S/C12H22N2O3/c1-14(8-7-11(15)16)12(17)9-5-3-2-4-6-10(9)13/h9-10H,2-8,13H2,1H3,(H,15,16). The summed E-state index contributed by atoms with van der Waals surface area (Å²) in [5.41, 5.74) is 6.01. The molecule has 5 nitrogen and oxygen atoms in total. The molecule has 98 valence electrons. The maximum Gasteiger partial charge on any atom is 0.305 e. The second-order valence-electron chi connectivity index (χ2n) is 4.81. The van der Waals surface area contributed by atoms with Crippen LogP contribution in [0.15, 0.2) is 0 Å². The molecule has 1 rings (SSSR count). The minimum atomic E-state index is -0.880. The summed E-state index contributed by atoms with van der Waals surface area (Å²) in [6.07, 6.45) is 4.97. The van der Waals surface area contributed by atoms with Gasteiger partial charge in [0.25, 0.3) is 0 Å². The van der Waals surface area contributed by atoms with E-state index in [1.807, 2.05) is 0 Å². The van der Waals surface area contributed by atoms with E-state index in [1.54, 1.807) is 7.05 Å². The van der Waals surface area contributed by atoms with Crippen molar-refractivity contribution in [2.45, 2.75) is 44.6 Å². The minimum Gasteiger partial charge on any atom is -0.481 e. The Labute approximate surface area is 102 Å². The van der Waals surface area contributed by atoms with Crippen LogP contribution in [0.3, 0.4) is 0 Å². The van der Waals surface area contributed by atoms with Gasteiger partial charge in [0.05, 0.1) is 12.3 Å². The summed E-state index contributed by atoms with van der Waals surface area (Å²) in [5, 5.41) is 8.59. The lowest BCUT2D eigenvalue weighted by Gasteiger charge is -2.26. The molecule has 0 bridgehead atoms. The number of nitrogens with two attached hydrogens (primary N) is 1. The molecule has 0 saturated heterocycles. The van der Waals surface area contributed by atoms with Gasteiger partial charge in [0, 0.05) is 19.6 Å². The van der Waals surface area contributed by atoms with Crippen LogP contribution in [0, 0.1) is 5.92 Å². The van der Waals surface area contributed by atoms with Crippen molar-refractivity contribution in [3.05, 3.63) is 0 Å². The molecule has 1 aliphatic rings. The molecule has 0 spiro atoms. The zero-order chi connectivity index (χ0) is 12.8. The van der Waals surface area contributed by atoms with Gasteiger partial charge in [-0.3, -0.25) is 9.59 Å². The van der Waals surface area contributed by atoms with Gasteiger partial charge in [-0.15, -0.1) is 0 Å². The number of amides is 1. The highest BCUT2D eigenvalue weighted by Crippen LogP contribution is 2.23. The molecule has 5 heteroatoms. The molecule has 3 N–H and O–H groups in total. The summed E-state index contributed by atoms with van der Waals surface area (Å²) in [7, 11) is 1.66. The Morgan fingerprint density at radius 1 is 1.29 bits per heavy atom. The van der Waals surface area contributed by atoms with Crippen LogP contribution in [-0.2, 0) is 9.59 Å². The van der Waals surface area contributed by atoms with Crippen molar-refractivity contribution >= 4 is 11.9 Å². The van der Waals surface area contributed by atoms with Gasteiger partial charge in [-0.1, -0.05) is 19.3 Å². The number of hydrogen-bond acceptors (Lipinski definition) is 3. The number of carbonyl (C=O) groups excluding carboxylic acids is 1. The van der Waals surface area contributed by atoms with Gasteiger partial charge < -0.3 is 15.7 Å². The Kier molecular flexibility index (Phi) is 5.41. The van der Waals surface area contributed by atoms with Gasteiger partial charge >= 0.3 is 5.97 Å². The lowest BCUT2D eigenvalue weighted by atomic mass is 9.94. The van der Waals surface area contributed by atoms with E-state index < -0.39 is 5.97 Å². The molecule has 0 heterocycles. The molecule has 0 aromatic rings. The summed E-state index contributed by atoms with van der Waals surface area (Å²) in [5.74, 6) is -1.01. The Morgan fingerprint density at radius 3 is 2.59 bits per heavy atom. The van der Waals surface area contributed by atoms with Crippen molar-refractivity contribution in [3.63, 3.8) is 0 Å². The zero-order valence-electron chi connectivity index (χ0n) is 10.4. The number of aliphatic carboxylic acids is 1. The molecule has 1 aliphatic carbocycles. The number of nitrogens with zero attached hydrogens (tertiary/aromatic N) is 1. The van der Waals surface area contributed by atoms with Crippen LogP contribution < -0.4 is 5.73 Å². The van der Waals surface area contributed by atoms with Crippen LogP contribution in [0.5, 0.6) is 0 Å². The fourth-order valence-electron chi connectivity index (χ4n) is 2.30. The third-order valence-electron chi connectivity index (χ3n) is 3.42. The van der Waals surface area contributed by atoms with Gasteiger partial charge in [0.1, 0.15) is 0 Å². The Morgan fingerprint density at radius 2 is 1.94 bits per heavy atom. The quantitative estimate of drug-likeness (QED) is 0.715. The minimum absolute atomic E-state index is 0.000602. The van der Waals surface area contributed by atoms with Crippen LogP contribution >= 0.6 is 0 Å². The van der Waals surface area contributed by atoms with Gasteiger partial charge in [0.2, 0.25) is 5.91 Å². The molecular weight excluding hydrogens is 220 g/mol. The normalized spacial score (nSPS) is 25.1. The maximum absolute atomic E-state index is 12.1. The Hall–Kier alpha value is -1.10. The van der Waals surface area contributed by atoms with Gasteiger partial charge in [-0.2, -0.15) is 0 Å². The number of carboxylic acid groups (broad SMARTS) is 1. The van der Waals surface area contributed by atoms with Crippen molar-refractivity contribution in [1.82, 2.24) is 4.90 Å². The lowest BCUT2D eigenvalue weighted by molar-refractivity contribution is -0.139. The van der Waals surface area contributed by atoms with Crippen molar-refractivity contribution < 1.29 is 14.7 Å². The molecule has 0 radical (unpaired) electrons. The molecule has 1 fully saturated rings. The van der Waals surface area contributed by atoms with Crippen LogP contribution in [0.4, 0.5) is 0 Å². The van der Waals surface area contributed by atoms with E-state index in [0.717, 1.165) is 32.1 Å². The molecule has 0 aromatic carbocycles. The molecule has 17 heavy (non-hydrogen) atoms. The smallest absolute Gasteiger partial charge is 0.305 e. The lowest BCUT2D eigenvalue weighted by Crippen LogP contribution is -2.42. The van der Waals surface area contributed by atoms with E-state index in [2.05, 4.69) is 0 Å². The first-order valence-corrected chi connectivity index (χ1v) is 6.24. The van der Waals surface area contributed by atoms with Crippen molar-refractivity contribution in [2.24, 2.45) is 11.7 Å². The van der Waals surface area contributed by atoms with E-state index in [4.69, 9.17) is 10.8 Å². The van der Waals surface area contributed by atoms with Gasteiger partial charge in [-0.05, 0) is 12.8 Å². The number of carbonyl (C=O) groups is 2. The fourth-order valence-corrected chi connectivity index (χ4v) is 2.30. The molecule has 2 atom stereocenters.